The van der Waals surface area contributed by atoms with Crippen molar-refractivity contribution in [2.24, 2.45) is 0 Å². The smallest absolute Gasteiger partial charge is 0.421 e. The van der Waals surface area contributed by atoms with E-state index in [0.717, 1.165) is 12.8 Å². The lowest BCUT2D eigenvalue weighted by molar-refractivity contribution is -0.0363. The maximum atomic E-state index is 10.5. The van der Waals surface area contributed by atoms with Gasteiger partial charge in [-0.3, -0.25) is 0 Å². The third-order valence-electron chi connectivity index (χ3n) is 2.87. The van der Waals surface area contributed by atoms with Crippen molar-refractivity contribution in [3.63, 3.8) is 0 Å². The van der Waals surface area contributed by atoms with Crippen molar-refractivity contribution >= 4 is 6.09 Å². The highest BCUT2D eigenvalue weighted by Gasteiger charge is 2.45. The first-order valence-electron chi connectivity index (χ1n) is 4.50. The Labute approximate surface area is 71.5 Å². The maximum absolute atomic E-state index is 10.5. The molecular weight excluding hydrogens is 156 g/mol. The van der Waals surface area contributed by atoms with E-state index in [-0.39, 0.29) is 5.54 Å². The molecule has 1 aliphatic carbocycles. The molecule has 2 fully saturated rings. The van der Waals surface area contributed by atoms with Crippen LogP contribution in [0.15, 0.2) is 0 Å². The fraction of sp³-hybridized carbons (Fsp3) is 0.875. The molecule has 0 aromatic carbocycles. The Bertz CT molecular complexity index is 191. The Hall–Kier alpha value is -0.770. The van der Waals surface area contributed by atoms with Gasteiger partial charge < -0.3 is 5.11 Å². The number of carboxylic acid groups (broad SMARTS) is 1. The molecule has 1 amide bonds. The van der Waals surface area contributed by atoms with Gasteiger partial charge in [-0.15, -0.1) is 0 Å². The molecule has 1 saturated heterocycles. The summed E-state index contributed by atoms with van der Waals surface area (Å²) in [6.07, 6.45) is 5.19. The molecule has 12 heavy (non-hydrogen) atoms. The van der Waals surface area contributed by atoms with Crippen LogP contribution in [0.4, 0.5) is 4.79 Å². The highest BCUT2D eigenvalue weighted by molar-refractivity contribution is 5.65. The van der Waals surface area contributed by atoms with Gasteiger partial charge in [-0.1, -0.05) is 19.3 Å². The van der Waals surface area contributed by atoms with E-state index in [1.54, 1.807) is 0 Å². The average Bonchev–Trinajstić information content (AvgIpc) is 2.01. The van der Waals surface area contributed by atoms with E-state index < -0.39 is 6.09 Å². The van der Waals surface area contributed by atoms with Crippen molar-refractivity contribution in [1.82, 2.24) is 10.4 Å². The molecule has 0 unspecified atom stereocenters. The molecule has 1 spiro atoms. The van der Waals surface area contributed by atoms with E-state index in [0.29, 0.717) is 6.54 Å². The summed E-state index contributed by atoms with van der Waals surface area (Å²) in [6.45, 7) is 0.683. The predicted molar refractivity (Wildman–Crippen MR) is 43.7 cm³/mol. The minimum atomic E-state index is -0.855. The van der Waals surface area contributed by atoms with Crippen LogP contribution in [0.2, 0.25) is 0 Å². The Morgan fingerprint density at radius 3 is 2.42 bits per heavy atom. The van der Waals surface area contributed by atoms with Crippen LogP contribution in [-0.2, 0) is 0 Å². The number of hydrogen-bond donors (Lipinski definition) is 2. The number of nitrogens with zero attached hydrogens (tertiary/aromatic N) is 1. The Morgan fingerprint density at radius 1 is 1.33 bits per heavy atom. The summed E-state index contributed by atoms with van der Waals surface area (Å²) in [4.78, 5) is 10.5. The topological polar surface area (TPSA) is 52.6 Å². The third-order valence-corrected chi connectivity index (χ3v) is 2.87. The molecular formula is C8H14N2O2. The molecule has 0 radical (unpaired) electrons. The predicted octanol–water partition coefficient (Wildman–Crippen LogP) is 1.19. The van der Waals surface area contributed by atoms with Gasteiger partial charge in [-0.2, -0.15) is 0 Å². The largest absolute Gasteiger partial charge is 0.464 e. The first kappa shape index (κ1) is 7.86. The van der Waals surface area contributed by atoms with Gasteiger partial charge in [0.2, 0.25) is 0 Å². The Kier molecular flexibility index (Phi) is 1.72. The van der Waals surface area contributed by atoms with Crippen LogP contribution in [0.5, 0.6) is 0 Å². The van der Waals surface area contributed by atoms with Crippen molar-refractivity contribution in [2.75, 3.05) is 6.54 Å². The summed E-state index contributed by atoms with van der Waals surface area (Å²) in [6, 6.07) is 0. The van der Waals surface area contributed by atoms with Crippen LogP contribution in [0.3, 0.4) is 0 Å². The molecule has 2 aliphatic rings. The molecule has 0 bridgehead atoms. The van der Waals surface area contributed by atoms with Crippen LogP contribution in [-0.4, -0.2) is 28.3 Å². The first-order chi connectivity index (χ1) is 5.72. The van der Waals surface area contributed by atoms with E-state index in [9.17, 15) is 4.79 Å². The average molecular weight is 170 g/mol. The van der Waals surface area contributed by atoms with Crippen LogP contribution >= 0.6 is 0 Å². The monoisotopic (exact) mass is 170 g/mol. The number of hydrazine groups is 1. The van der Waals surface area contributed by atoms with Gasteiger partial charge >= 0.3 is 6.09 Å². The van der Waals surface area contributed by atoms with Crippen molar-refractivity contribution < 1.29 is 9.90 Å². The van der Waals surface area contributed by atoms with Gasteiger partial charge in [-0.25, -0.2) is 15.2 Å². The summed E-state index contributed by atoms with van der Waals surface area (Å²) in [7, 11) is 0. The number of rotatable bonds is 0. The number of carbonyl (C=O) groups is 1. The van der Waals surface area contributed by atoms with Gasteiger partial charge in [0.25, 0.3) is 0 Å². The van der Waals surface area contributed by atoms with Crippen LogP contribution in [0.1, 0.15) is 32.1 Å². The molecule has 0 aromatic rings. The summed E-state index contributed by atoms with van der Waals surface area (Å²) < 4.78 is 0. The lowest BCUT2D eigenvalue weighted by Gasteiger charge is -2.51. The molecule has 0 aromatic heterocycles. The van der Waals surface area contributed by atoms with E-state index >= 15 is 0 Å². The lowest BCUT2D eigenvalue weighted by atomic mass is 9.79. The van der Waals surface area contributed by atoms with Crippen molar-refractivity contribution in [3.8, 4) is 0 Å². The number of amides is 1. The zero-order valence-corrected chi connectivity index (χ0v) is 7.05. The normalized spacial score (nSPS) is 26.8. The Morgan fingerprint density at radius 2 is 1.92 bits per heavy atom. The lowest BCUT2D eigenvalue weighted by Crippen LogP contribution is -2.73. The quantitative estimate of drug-likeness (QED) is 0.574. The highest BCUT2D eigenvalue weighted by atomic mass is 16.4. The summed E-state index contributed by atoms with van der Waals surface area (Å²) in [5.74, 6) is 0. The summed E-state index contributed by atoms with van der Waals surface area (Å²) in [5.41, 5.74) is 3.18. The van der Waals surface area contributed by atoms with Crippen LogP contribution < -0.4 is 5.43 Å². The molecule has 1 saturated carbocycles. The molecule has 2 rings (SSSR count). The van der Waals surface area contributed by atoms with E-state index in [2.05, 4.69) is 5.43 Å². The maximum Gasteiger partial charge on any atom is 0.421 e. The number of nitrogens with one attached hydrogen (secondary N) is 1. The molecule has 1 aliphatic heterocycles. The van der Waals surface area contributed by atoms with Crippen molar-refractivity contribution in [1.29, 1.82) is 0 Å². The zero-order chi connectivity index (χ0) is 8.60. The fourth-order valence-corrected chi connectivity index (χ4v) is 2.19. The SMILES string of the molecule is O=C(O)N1CC2(CCCCC2)N1. The third kappa shape index (κ3) is 1.16. The Balaban J connectivity index is 1.88. The van der Waals surface area contributed by atoms with Gasteiger partial charge in [0.15, 0.2) is 0 Å². The van der Waals surface area contributed by atoms with E-state index in [1.807, 2.05) is 0 Å². The molecule has 1 heterocycles. The molecule has 4 heteroatoms. The second-order valence-corrected chi connectivity index (χ2v) is 3.82. The molecule has 68 valence electrons. The van der Waals surface area contributed by atoms with Crippen LogP contribution in [0.25, 0.3) is 0 Å². The second-order valence-electron chi connectivity index (χ2n) is 3.82. The fourth-order valence-electron chi connectivity index (χ4n) is 2.19. The highest BCUT2D eigenvalue weighted by Crippen LogP contribution is 2.33. The first-order valence-corrected chi connectivity index (χ1v) is 4.50. The minimum absolute atomic E-state index is 0.149. The zero-order valence-electron chi connectivity index (χ0n) is 7.05. The van der Waals surface area contributed by atoms with Gasteiger partial charge in [0.05, 0.1) is 12.1 Å². The summed E-state index contributed by atoms with van der Waals surface area (Å²) >= 11 is 0. The number of hydrogen-bond acceptors (Lipinski definition) is 2. The van der Waals surface area contributed by atoms with Crippen molar-refractivity contribution in [3.05, 3.63) is 0 Å². The standard InChI is InChI=1S/C8H14N2O2/c11-7(12)10-6-8(9-10)4-2-1-3-5-8/h9H,1-6H2,(H,11,12). The molecule has 0 atom stereocenters. The van der Waals surface area contributed by atoms with Crippen molar-refractivity contribution in [2.45, 2.75) is 37.6 Å². The van der Waals surface area contributed by atoms with E-state index in [1.165, 1.54) is 24.3 Å². The molecule has 2 N–H and O–H groups in total. The van der Waals surface area contributed by atoms with Gasteiger partial charge in [0, 0.05) is 0 Å². The minimum Gasteiger partial charge on any atom is -0.464 e. The van der Waals surface area contributed by atoms with Gasteiger partial charge in [0.1, 0.15) is 0 Å². The van der Waals surface area contributed by atoms with Gasteiger partial charge in [-0.05, 0) is 12.8 Å². The second kappa shape index (κ2) is 2.62. The summed E-state index contributed by atoms with van der Waals surface area (Å²) in [5, 5.41) is 9.89. The molecule has 4 nitrogen and oxygen atoms in total. The van der Waals surface area contributed by atoms with Crippen LogP contribution in [0, 0.1) is 0 Å². The van der Waals surface area contributed by atoms with E-state index in [4.69, 9.17) is 5.11 Å².